The number of aromatic nitrogens is 1. The zero-order valence-corrected chi connectivity index (χ0v) is 10.5. The van der Waals surface area contributed by atoms with Crippen LogP contribution in [-0.2, 0) is 19.3 Å². The van der Waals surface area contributed by atoms with Crippen LogP contribution in [0.4, 0.5) is 13.2 Å². The molecule has 0 fully saturated rings. The van der Waals surface area contributed by atoms with Gasteiger partial charge in [-0.2, -0.15) is 13.2 Å². The zero-order chi connectivity index (χ0) is 14.6. The van der Waals surface area contributed by atoms with E-state index in [0.29, 0.717) is 18.0 Å². The summed E-state index contributed by atoms with van der Waals surface area (Å²) in [5.41, 5.74) is 6.18. The van der Waals surface area contributed by atoms with E-state index in [-0.39, 0.29) is 6.61 Å². The lowest BCUT2D eigenvalue weighted by Crippen LogP contribution is -2.05. The van der Waals surface area contributed by atoms with E-state index < -0.39 is 11.7 Å². The molecule has 1 heterocycles. The maximum absolute atomic E-state index is 12.4. The molecule has 3 nitrogen and oxygen atoms in total. The van der Waals surface area contributed by atoms with Crippen LogP contribution in [0.3, 0.4) is 0 Å². The van der Waals surface area contributed by atoms with Crippen LogP contribution in [0.5, 0.6) is 5.75 Å². The number of nitrogens with zero attached hydrogens (tertiary/aromatic N) is 1. The molecular weight excluding hydrogens is 269 g/mol. The molecule has 2 aromatic rings. The highest BCUT2D eigenvalue weighted by atomic mass is 19.4. The van der Waals surface area contributed by atoms with Crippen molar-refractivity contribution in [3.8, 4) is 5.75 Å². The van der Waals surface area contributed by atoms with Crippen LogP contribution in [0, 0.1) is 0 Å². The number of hydrogen-bond donors (Lipinski definition) is 1. The van der Waals surface area contributed by atoms with Crippen LogP contribution in [-0.4, -0.2) is 4.98 Å². The zero-order valence-electron chi connectivity index (χ0n) is 10.5. The van der Waals surface area contributed by atoms with Gasteiger partial charge in [0, 0.05) is 6.54 Å². The fraction of sp³-hybridized carbons (Fsp3) is 0.214. The molecule has 20 heavy (non-hydrogen) atoms. The predicted octanol–water partition coefficient (Wildman–Crippen LogP) is 3.14. The molecule has 6 heteroatoms. The van der Waals surface area contributed by atoms with Gasteiger partial charge in [-0.25, -0.2) is 0 Å². The largest absolute Gasteiger partial charge is 0.487 e. The van der Waals surface area contributed by atoms with Crippen molar-refractivity contribution in [3.63, 3.8) is 0 Å². The lowest BCUT2D eigenvalue weighted by molar-refractivity contribution is -0.137. The minimum absolute atomic E-state index is 0.180. The molecule has 0 unspecified atom stereocenters. The lowest BCUT2D eigenvalue weighted by Gasteiger charge is -2.09. The van der Waals surface area contributed by atoms with Crippen molar-refractivity contribution in [1.29, 1.82) is 0 Å². The molecule has 0 saturated heterocycles. The van der Waals surface area contributed by atoms with E-state index in [4.69, 9.17) is 10.5 Å². The number of benzene rings is 1. The minimum atomic E-state index is -4.34. The van der Waals surface area contributed by atoms with Gasteiger partial charge in [0.15, 0.2) is 0 Å². The summed E-state index contributed by atoms with van der Waals surface area (Å²) >= 11 is 0. The SMILES string of the molecule is NCc1cccc(COc2ccc(C(F)(F)F)cc2)n1. The van der Waals surface area contributed by atoms with Crippen LogP contribution in [0.15, 0.2) is 42.5 Å². The summed E-state index contributed by atoms with van der Waals surface area (Å²) in [4.78, 5) is 4.23. The first-order valence-corrected chi connectivity index (χ1v) is 5.94. The highest BCUT2D eigenvalue weighted by molar-refractivity contribution is 5.29. The normalized spacial score (nSPS) is 11.4. The molecule has 0 saturated carbocycles. The van der Waals surface area contributed by atoms with Gasteiger partial charge in [-0.3, -0.25) is 4.98 Å². The predicted molar refractivity (Wildman–Crippen MR) is 67.9 cm³/mol. The van der Waals surface area contributed by atoms with Gasteiger partial charge in [0.1, 0.15) is 12.4 Å². The van der Waals surface area contributed by atoms with Crippen molar-refractivity contribution in [2.45, 2.75) is 19.3 Å². The summed E-state index contributed by atoms with van der Waals surface area (Å²) < 4.78 is 42.6. The van der Waals surface area contributed by atoms with Crippen molar-refractivity contribution in [2.75, 3.05) is 0 Å². The van der Waals surface area contributed by atoms with E-state index in [1.807, 2.05) is 0 Å². The van der Waals surface area contributed by atoms with Crippen molar-refractivity contribution in [3.05, 3.63) is 59.4 Å². The molecule has 1 aromatic heterocycles. The van der Waals surface area contributed by atoms with Gasteiger partial charge in [-0.05, 0) is 36.4 Å². The summed E-state index contributed by atoms with van der Waals surface area (Å²) in [5, 5.41) is 0. The fourth-order valence-electron chi connectivity index (χ4n) is 1.62. The first-order valence-electron chi connectivity index (χ1n) is 5.94. The second kappa shape index (κ2) is 5.92. The van der Waals surface area contributed by atoms with Crippen molar-refractivity contribution >= 4 is 0 Å². The number of pyridine rings is 1. The summed E-state index contributed by atoms with van der Waals surface area (Å²) in [6.07, 6.45) is -4.34. The van der Waals surface area contributed by atoms with Gasteiger partial charge < -0.3 is 10.5 Å². The highest BCUT2D eigenvalue weighted by Gasteiger charge is 2.29. The van der Waals surface area contributed by atoms with Crippen molar-refractivity contribution in [2.24, 2.45) is 5.73 Å². The van der Waals surface area contributed by atoms with Crippen LogP contribution in [0.1, 0.15) is 17.0 Å². The van der Waals surface area contributed by atoms with E-state index in [1.54, 1.807) is 18.2 Å². The Bertz CT molecular complexity index is 567. The maximum atomic E-state index is 12.4. The lowest BCUT2D eigenvalue weighted by atomic mass is 10.2. The van der Waals surface area contributed by atoms with E-state index in [1.165, 1.54) is 12.1 Å². The molecule has 0 aliphatic carbocycles. The van der Waals surface area contributed by atoms with Gasteiger partial charge in [0.2, 0.25) is 0 Å². The van der Waals surface area contributed by atoms with Gasteiger partial charge in [-0.1, -0.05) is 6.07 Å². The Morgan fingerprint density at radius 3 is 2.25 bits per heavy atom. The fourth-order valence-corrected chi connectivity index (χ4v) is 1.62. The summed E-state index contributed by atoms with van der Waals surface area (Å²) in [6.45, 7) is 0.507. The van der Waals surface area contributed by atoms with Gasteiger partial charge in [-0.15, -0.1) is 0 Å². The molecule has 0 bridgehead atoms. The van der Waals surface area contributed by atoms with Crippen molar-refractivity contribution in [1.82, 2.24) is 4.98 Å². The monoisotopic (exact) mass is 282 g/mol. The van der Waals surface area contributed by atoms with Gasteiger partial charge in [0.25, 0.3) is 0 Å². The van der Waals surface area contributed by atoms with Gasteiger partial charge >= 0.3 is 6.18 Å². The summed E-state index contributed by atoms with van der Waals surface area (Å²) in [6, 6.07) is 9.91. The molecule has 106 valence electrons. The molecule has 0 radical (unpaired) electrons. The third kappa shape index (κ3) is 3.71. The first-order chi connectivity index (χ1) is 9.49. The Morgan fingerprint density at radius 1 is 1.00 bits per heavy atom. The molecule has 2 rings (SSSR count). The molecule has 0 amide bonds. The molecular formula is C14H13F3N2O. The maximum Gasteiger partial charge on any atom is 0.416 e. The van der Waals surface area contributed by atoms with E-state index in [0.717, 1.165) is 17.8 Å². The number of nitrogens with two attached hydrogens (primary N) is 1. The van der Waals surface area contributed by atoms with Crippen LogP contribution < -0.4 is 10.5 Å². The second-order valence-corrected chi connectivity index (χ2v) is 4.14. The molecule has 0 spiro atoms. The smallest absolute Gasteiger partial charge is 0.416 e. The quantitative estimate of drug-likeness (QED) is 0.937. The van der Waals surface area contributed by atoms with Crippen LogP contribution >= 0.6 is 0 Å². The molecule has 2 N–H and O–H groups in total. The number of hydrogen-bond acceptors (Lipinski definition) is 3. The van der Waals surface area contributed by atoms with E-state index >= 15 is 0 Å². The molecule has 0 atom stereocenters. The van der Waals surface area contributed by atoms with Crippen LogP contribution in [0.25, 0.3) is 0 Å². The number of ether oxygens (including phenoxy) is 1. The first kappa shape index (κ1) is 14.3. The molecule has 0 aliphatic rings. The molecule has 0 aliphatic heterocycles. The Hall–Kier alpha value is -2.08. The Kier molecular flexibility index (Phi) is 4.24. The van der Waals surface area contributed by atoms with Gasteiger partial charge in [0.05, 0.1) is 17.0 Å². The number of alkyl halides is 3. The van der Waals surface area contributed by atoms with Crippen molar-refractivity contribution < 1.29 is 17.9 Å². The third-order valence-corrected chi connectivity index (χ3v) is 2.64. The topological polar surface area (TPSA) is 48.1 Å². The summed E-state index contributed by atoms with van der Waals surface area (Å²) in [5.74, 6) is 0.359. The Balaban J connectivity index is 2.00. The summed E-state index contributed by atoms with van der Waals surface area (Å²) in [7, 11) is 0. The average Bonchev–Trinajstić information content (AvgIpc) is 2.45. The third-order valence-electron chi connectivity index (χ3n) is 2.64. The second-order valence-electron chi connectivity index (χ2n) is 4.14. The minimum Gasteiger partial charge on any atom is -0.487 e. The number of halogens is 3. The van der Waals surface area contributed by atoms with E-state index in [9.17, 15) is 13.2 Å². The standard InChI is InChI=1S/C14H13F3N2O/c15-14(16,17)10-4-6-13(7-5-10)20-9-12-3-1-2-11(8-18)19-12/h1-7H,8-9,18H2. The Labute approximate surface area is 114 Å². The Morgan fingerprint density at radius 2 is 1.65 bits per heavy atom. The van der Waals surface area contributed by atoms with Crippen LogP contribution in [0.2, 0.25) is 0 Å². The average molecular weight is 282 g/mol. The molecule has 1 aromatic carbocycles. The highest BCUT2D eigenvalue weighted by Crippen LogP contribution is 2.30. The number of rotatable bonds is 4. The van der Waals surface area contributed by atoms with E-state index in [2.05, 4.69) is 4.98 Å².